The lowest BCUT2D eigenvalue weighted by molar-refractivity contribution is -0.385. The van der Waals surface area contributed by atoms with E-state index in [4.69, 9.17) is 9.84 Å². The first kappa shape index (κ1) is 17.7. The highest BCUT2D eigenvalue weighted by Gasteiger charge is 2.26. The molecule has 0 radical (unpaired) electrons. The minimum Gasteiger partial charge on any atom is -0.486 e. The Hall–Kier alpha value is -2.64. The fraction of sp³-hybridized carbons (Fsp3) is 0.500. The number of nitrogens with one attached hydrogen (secondary N) is 1. The van der Waals surface area contributed by atoms with Crippen molar-refractivity contribution in [1.82, 2.24) is 5.32 Å². The van der Waals surface area contributed by atoms with Crippen LogP contribution in [0.4, 0.5) is 5.69 Å². The average molecular weight is 336 g/mol. The molecule has 1 saturated carbocycles. The van der Waals surface area contributed by atoms with E-state index < -0.39 is 10.9 Å². The molecule has 1 aromatic carbocycles. The zero-order valence-electron chi connectivity index (χ0n) is 13.1. The van der Waals surface area contributed by atoms with Crippen molar-refractivity contribution in [2.24, 2.45) is 5.92 Å². The Morgan fingerprint density at radius 1 is 1.25 bits per heavy atom. The van der Waals surface area contributed by atoms with Crippen LogP contribution in [0.1, 0.15) is 32.1 Å². The number of ether oxygens (including phenoxy) is 1. The normalized spacial score (nSPS) is 20.2. The van der Waals surface area contributed by atoms with Gasteiger partial charge in [0.25, 0.3) is 0 Å². The van der Waals surface area contributed by atoms with Gasteiger partial charge in [0, 0.05) is 12.1 Å². The van der Waals surface area contributed by atoms with Gasteiger partial charge >= 0.3 is 11.7 Å². The SMILES string of the molecule is O=C(CCOc1ccccc1[N+](=O)[O-])NC1CCC(C(=O)O)CC1. The molecule has 0 atom stereocenters. The third-order valence-electron chi connectivity index (χ3n) is 4.09. The van der Waals surface area contributed by atoms with Crippen molar-refractivity contribution >= 4 is 17.6 Å². The quantitative estimate of drug-likeness (QED) is 0.581. The number of nitro groups is 1. The van der Waals surface area contributed by atoms with Gasteiger partial charge in [-0.2, -0.15) is 0 Å². The minimum absolute atomic E-state index is 0.0147. The summed E-state index contributed by atoms with van der Waals surface area (Å²) in [4.78, 5) is 33.1. The summed E-state index contributed by atoms with van der Waals surface area (Å²) in [5.74, 6) is -1.16. The van der Waals surface area contributed by atoms with Gasteiger partial charge < -0.3 is 15.2 Å². The fourth-order valence-electron chi connectivity index (χ4n) is 2.77. The van der Waals surface area contributed by atoms with Crippen LogP contribution in [0.5, 0.6) is 5.75 Å². The second kappa shape index (κ2) is 8.28. The van der Waals surface area contributed by atoms with Crippen LogP contribution in [0.2, 0.25) is 0 Å². The van der Waals surface area contributed by atoms with Gasteiger partial charge in [-0.3, -0.25) is 19.7 Å². The molecule has 0 aliphatic heterocycles. The van der Waals surface area contributed by atoms with Crippen LogP contribution in [0, 0.1) is 16.0 Å². The van der Waals surface area contributed by atoms with Gasteiger partial charge in [-0.05, 0) is 31.7 Å². The highest BCUT2D eigenvalue weighted by Crippen LogP contribution is 2.26. The predicted octanol–water partition coefficient (Wildman–Crippen LogP) is 2.12. The number of carboxylic acid groups (broad SMARTS) is 1. The monoisotopic (exact) mass is 336 g/mol. The summed E-state index contributed by atoms with van der Waals surface area (Å²) in [5.41, 5.74) is -0.134. The van der Waals surface area contributed by atoms with Crippen molar-refractivity contribution < 1.29 is 24.4 Å². The van der Waals surface area contributed by atoms with Crippen molar-refractivity contribution in [2.75, 3.05) is 6.61 Å². The van der Waals surface area contributed by atoms with Gasteiger partial charge in [0.15, 0.2) is 5.75 Å². The summed E-state index contributed by atoms with van der Waals surface area (Å²) in [6.45, 7) is 0.0428. The molecule has 1 amide bonds. The van der Waals surface area contributed by atoms with Crippen LogP contribution in [0.25, 0.3) is 0 Å². The Bertz CT molecular complexity index is 610. The third kappa shape index (κ3) is 4.94. The molecule has 0 bridgehead atoms. The summed E-state index contributed by atoms with van der Waals surface area (Å²) in [6.07, 6.45) is 2.51. The van der Waals surface area contributed by atoms with Crippen LogP contribution in [-0.4, -0.2) is 34.6 Å². The lowest BCUT2D eigenvalue weighted by Gasteiger charge is -2.26. The van der Waals surface area contributed by atoms with E-state index in [1.165, 1.54) is 12.1 Å². The Kier molecular flexibility index (Phi) is 6.11. The molecule has 8 nitrogen and oxygen atoms in total. The first-order valence-electron chi connectivity index (χ1n) is 7.85. The van der Waals surface area contributed by atoms with Gasteiger partial charge in [0.2, 0.25) is 5.91 Å². The van der Waals surface area contributed by atoms with Crippen LogP contribution in [0.3, 0.4) is 0 Å². The van der Waals surface area contributed by atoms with Crippen molar-refractivity contribution in [2.45, 2.75) is 38.1 Å². The molecule has 0 aromatic heterocycles. The largest absolute Gasteiger partial charge is 0.486 e. The molecule has 24 heavy (non-hydrogen) atoms. The molecule has 1 aromatic rings. The fourth-order valence-corrected chi connectivity index (χ4v) is 2.77. The van der Waals surface area contributed by atoms with Crippen LogP contribution < -0.4 is 10.1 Å². The lowest BCUT2D eigenvalue weighted by Crippen LogP contribution is -2.39. The van der Waals surface area contributed by atoms with Crippen molar-refractivity contribution in [3.63, 3.8) is 0 Å². The summed E-state index contributed by atoms with van der Waals surface area (Å²) in [5, 5.41) is 22.7. The molecule has 8 heteroatoms. The molecule has 2 N–H and O–H groups in total. The molecule has 1 fully saturated rings. The van der Waals surface area contributed by atoms with E-state index in [2.05, 4.69) is 5.32 Å². The Labute approximate surface area is 139 Å². The minimum atomic E-state index is -0.780. The van der Waals surface area contributed by atoms with Gasteiger partial charge in [-0.25, -0.2) is 0 Å². The van der Waals surface area contributed by atoms with Crippen molar-refractivity contribution in [1.29, 1.82) is 0 Å². The number of rotatable bonds is 7. The number of benzene rings is 1. The van der Waals surface area contributed by atoms with E-state index in [1.54, 1.807) is 12.1 Å². The van der Waals surface area contributed by atoms with Gasteiger partial charge in [0.1, 0.15) is 0 Å². The Morgan fingerprint density at radius 3 is 2.54 bits per heavy atom. The third-order valence-corrected chi connectivity index (χ3v) is 4.09. The van der Waals surface area contributed by atoms with Crippen LogP contribution in [0.15, 0.2) is 24.3 Å². The smallest absolute Gasteiger partial charge is 0.310 e. The number of aliphatic carboxylic acids is 1. The number of hydrogen-bond donors (Lipinski definition) is 2. The molecule has 1 aliphatic rings. The van der Waals surface area contributed by atoms with E-state index in [0.717, 1.165) is 0 Å². The number of carbonyl (C=O) groups is 2. The number of para-hydroxylation sites is 2. The molecule has 0 spiro atoms. The number of nitro benzene ring substituents is 1. The van der Waals surface area contributed by atoms with E-state index in [9.17, 15) is 19.7 Å². The lowest BCUT2D eigenvalue weighted by atomic mass is 9.86. The van der Waals surface area contributed by atoms with E-state index >= 15 is 0 Å². The molecule has 0 heterocycles. The van der Waals surface area contributed by atoms with Crippen LogP contribution >= 0.6 is 0 Å². The van der Waals surface area contributed by atoms with Crippen molar-refractivity contribution in [3.05, 3.63) is 34.4 Å². The first-order chi connectivity index (χ1) is 11.5. The standard InChI is InChI=1S/C16H20N2O6/c19-15(17-12-7-5-11(6-8-12)16(20)21)9-10-24-14-4-2-1-3-13(14)18(22)23/h1-4,11-12H,5-10H2,(H,17,19)(H,20,21). The molecule has 130 valence electrons. The average Bonchev–Trinajstić information content (AvgIpc) is 2.55. The highest BCUT2D eigenvalue weighted by atomic mass is 16.6. The maximum atomic E-state index is 11.9. The van der Waals surface area contributed by atoms with Crippen LogP contribution in [-0.2, 0) is 9.59 Å². The van der Waals surface area contributed by atoms with Gasteiger partial charge in [0.05, 0.1) is 23.9 Å². The number of hydrogen-bond acceptors (Lipinski definition) is 5. The highest BCUT2D eigenvalue weighted by molar-refractivity contribution is 5.76. The maximum absolute atomic E-state index is 11.9. The first-order valence-corrected chi connectivity index (χ1v) is 7.85. The topological polar surface area (TPSA) is 119 Å². The summed E-state index contributed by atoms with van der Waals surface area (Å²) >= 11 is 0. The number of nitrogens with zero attached hydrogens (tertiary/aromatic N) is 1. The van der Waals surface area contributed by atoms with Gasteiger partial charge in [-0.1, -0.05) is 12.1 Å². The summed E-state index contributed by atoms with van der Waals surface area (Å²) < 4.78 is 5.33. The zero-order valence-corrected chi connectivity index (χ0v) is 13.1. The molecular weight excluding hydrogens is 316 g/mol. The Morgan fingerprint density at radius 2 is 1.92 bits per heavy atom. The summed E-state index contributed by atoms with van der Waals surface area (Å²) in [7, 11) is 0. The number of carboxylic acids is 1. The molecule has 2 rings (SSSR count). The Balaban J connectivity index is 1.73. The number of amides is 1. The van der Waals surface area contributed by atoms with E-state index in [1.807, 2.05) is 0 Å². The van der Waals surface area contributed by atoms with E-state index in [-0.39, 0.29) is 42.3 Å². The summed E-state index contributed by atoms with van der Waals surface area (Å²) in [6, 6.07) is 5.99. The van der Waals surface area contributed by atoms with Gasteiger partial charge in [-0.15, -0.1) is 0 Å². The maximum Gasteiger partial charge on any atom is 0.310 e. The molecule has 0 saturated heterocycles. The zero-order chi connectivity index (χ0) is 17.5. The molecule has 1 aliphatic carbocycles. The molecular formula is C16H20N2O6. The van der Waals surface area contributed by atoms with Crippen molar-refractivity contribution in [3.8, 4) is 5.75 Å². The van der Waals surface area contributed by atoms with E-state index in [0.29, 0.717) is 25.7 Å². The number of carbonyl (C=O) groups excluding carboxylic acids is 1. The second-order valence-corrected chi connectivity index (χ2v) is 5.78. The molecule has 0 unspecified atom stereocenters. The second-order valence-electron chi connectivity index (χ2n) is 5.78. The predicted molar refractivity (Wildman–Crippen MR) is 84.7 cm³/mol.